The molecule has 1 N–H and O–H groups in total. The minimum atomic E-state index is -0.744. The fourth-order valence-electron chi connectivity index (χ4n) is 2.81. The first kappa shape index (κ1) is 14.2. The molecule has 0 unspecified atom stereocenters. The Balaban J connectivity index is 1.87. The van der Waals surface area contributed by atoms with Gasteiger partial charge in [-0.3, -0.25) is 4.79 Å². The molecule has 5 nitrogen and oxygen atoms in total. The van der Waals surface area contributed by atoms with E-state index in [0.717, 1.165) is 25.9 Å². The molecule has 0 aromatic carbocycles. The van der Waals surface area contributed by atoms with E-state index in [9.17, 15) is 14.7 Å². The van der Waals surface area contributed by atoms with Gasteiger partial charge >= 0.3 is 12.0 Å². The fraction of sp³-hybridized carbons (Fsp3) is 0.857. The lowest BCUT2D eigenvalue weighted by atomic mass is 9.80. The van der Waals surface area contributed by atoms with Gasteiger partial charge in [0.2, 0.25) is 0 Å². The van der Waals surface area contributed by atoms with Gasteiger partial charge in [0, 0.05) is 26.2 Å². The Morgan fingerprint density at radius 1 is 1.05 bits per heavy atom. The van der Waals surface area contributed by atoms with E-state index in [1.807, 2.05) is 9.80 Å². The van der Waals surface area contributed by atoms with Gasteiger partial charge in [-0.1, -0.05) is 6.92 Å². The summed E-state index contributed by atoms with van der Waals surface area (Å²) in [7, 11) is 0. The van der Waals surface area contributed by atoms with Gasteiger partial charge < -0.3 is 14.9 Å². The number of piperidine rings is 2. The highest BCUT2D eigenvalue weighted by Gasteiger charge is 2.39. The van der Waals surface area contributed by atoms with Crippen molar-refractivity contribution in [1.29, 1.82) is 0 Å². The van der Waals surface area contributed by atoms with Crippen molar-refractivity contribution in [2.45, 2.75) is 39.5 Å². The smallest absolute Gasteiger partial charge is 0.319 e. The molecule has 5 heteroatoms. The molecular weight excluding hydrogens is 244 g/mol. The highest BCUT2D eigenvalue weighted by atomic mass is 16.4. The Labute approximate surface area is 114 Å². The summed E-state index contributed by atoms with van der Waals surface area (Å²) in [6, 6.07) is 0.0966. The fourth-order valence-corrected chi connectivity index (χ4v) is 2.81. The molecule has 0 saturated carbocycles. The van der Waals surface area contributed by atoms with E-state index in [2.05, 4.69) is 6.92 Å². The number of hydrogen-bond donors (Lipinski definition) is 1. The van der Waals surface area contributed by atoms with Crippen LogP contribution in [0.1, 0.15) is 39.5 Å². The number of carboxylic acid groups (broad SMARTS) is 1. The van der Waals surface area contributed by atoms with Gasteiger partial charge in [0.25, 0.3) is 0 Å². The van der Waals surface area contributed by atoms with Gasteiger partial charge in [0.15, 0.2) is 0 Å². The molecule has 0 aromatic heterocycles. The van der Waals surface area contributed by atoms with Crippen molar-refractivity contribution in [3.8, 4) is 0 Å². The molecule has 2 saturated heterocycles. The Morgan fingerprint density at radius 2 is 1.53 bits per heavy atom. The van der Waals surface area contributed by atoms with Crippen LogP contribution >= 0.6 is 0 Å². The summed E-state index contributed by atoms with van der Waals surface area (Å²) < 4.78 is 0. The lowest BCUT2D eigenvalue weighted by Crippen LogP contribution is -2.51. The van der Waals surface area contributed by atoms with Crippen LogP contribution in [0.25, 0.3) is 0 Å². The maximum atomic E-state index is 12.3. The average molecular weight is 268 g/mol. The highest BCUT2D eigenvalue weighted by molar-refractivity contribution is 5.77. The molecule has 0 aromatic rings. The van der Waals surface area contributed by atoms with E-state index in [0.29, 0.717) is 31.8 Å². The van der Waals surface area contributed by atoms with Crippen molar-refractivity contribution < 1.29 is 14.7 Å². The van der Waals surface area contributed by atoms with E-state index in [1.165, 1.54) is 0 Å². The second-order valence-corrected chi connectivity index (χ2v) is 6.31. The van der Waals surface area contributed by atoms with Crippen molar-refractivity contribution in [3.63, 3.8) is 0 Å². The van der Waals surface area contributed by atoms with Gasteiger partial charge in [0.05, 0.1) is 5.41 Å². The number of carbonyl (C=O) groups is 2. The van der Waals surface area contributed by atoms with Crippen LogP contribution in [0, 0.1) is 11.3 Å². The third-order valence-corrected chi connectivity index (χ3v) is 4.71. The Morgan fingerprint density at radius 3 is 2.00 bits per heavy atom. The molecule has 2 aliphatic rings. The number of nitrogens with zero attached hydrogens (tertiary/aromatic N) is 2. The number of carbonyl (C=O) groups excluding carboxylic acids is 1. The summed E-state index contributed by atoms with van der Waals surface area (Å²) in [5.74, 6) is -0.0351. The molecule has 19 heavy (non-hydrogen) atoms. The third-order valence-electron chi connectivity index (χ3n) is 4.71. The topological polar surface area (TPSA) is 60.9 Å². The van der Waals surface area contributed by atoms with E-state index >= 15 is 0 Å². The predicted octanol–water partition coefficient (Wildman–Crippen LogP) is 2.03. The van der Waals surface area contributed by atoms with Crippen molar-refractivity contribution in [2.75, 3.05) is 26.2 Å². The SMILES string of the molecule is CC1CCN(C(=O)N2CCC(C)(C(=O)O)CC2)CC1. The largest absolute Gasteiger partial charge is 0.481 e. The molecule has 0 spiro atoms. The zero-order chi connectivity index (χ0) is 14.0. The van der Waals surface area contributed by atoms with Crippen molar-refractivity contribution in [1.82, 2.24) is 9.80 Å². The average Bonchev–Trinajstić information content (AvgIpc) is 2.39. The zero-order valence-corrected chi connectivity index (χ0v) is 11.9. The molecule has 2 rings (SSSR count). The minimum Gasteiger partial charge on any atom is -0.481 e. The third kappa shape index (κ3) is 3.01. The quantitative estimate of drug-likeness (QED) is 0.791. The summed E-state index contributed by atoms with van der Waals surface area (Å²) >= 11 is 0. The number of hydrogen-bond acceptors (Lipinski definition) is 2. The number of carboxylic acids is 1. The monoisotopic (exact) mass is 268 g/mol. The van der Waals surface area contributed by atoms with Gasteiger partial charge in [-0.15, -0.1) is 0 Å². The first-order valence-electron chi connectivity index (χ1n) is 7.19. The first-order chi connectivity index (χ1) is 8.92. The number of aliphatic carboxylic acids is 1. The van der Waals surface area contributed by atoms with Crippen LogP contribution in [0.4, 0.5) is 4.79 Å². The molecule has 2 aliphatic heterocycles. The van der Waals surface area contributed by atoms with E-state index in [1.54, 1.807) is 6.92 Å². The van der Waals surface area contributed by atoms with Crippen molar-refractivity contribution in [2.24, 2.45) is 11.3 Å². The highest BCUT2D eigenvalue weighted by Crippen LogP contribution is 2.31. The Bertz CT molecular complexity index is 354. The Hall–Kier alpha value is -1.26. The first-order valence-corrected chi connectivity index (χ1v) is 7.19. The lowest BCUT2D eigenvalue weighted by molar-refractivity contribution is -0.150. The second kappa shape index (κ2) is 5.39. The minimum absolute atomic E-state index is 0.0966. The molecule has 2 amide bonds. The number of likely N-dealkylation sites (tertiary alicyclic amines) is 2. The number of urea groups is 1. The second-order valence-electron chi connectivity index (χ2n) is 6.31. The van der Waals surface area contributed by atoms with Gasteiger partial charge in [-0.2, -0.15) is 0 Å². The van der Waals surface area contributed by atoms with Crippen LogP contribution in [0.15, 0.2) is 0 Å². The summed E-state index contributed by atoms with van der Waals surface area (Å²) in [6.07, 6.45) is 3.26. The normalized spacial score (nSPS) is 24.3. The van der Waals surface area contributed by atoms with Gasteiger partial charge in [-0.05, 0) is 38.5 Å². The predicted molar refractivity (Wildman–Crippen MR) is 71.9 cm³/mol. The van der Waals surface area contributed by atoms with Crippen LogP contribution < -0.4 is 0 Å². The number of rotatable bonds is 1. The molecule has 0 radical (unpaired) electrons. The molecule has 0 aliphatic carbocycles. The maximum absolute atomic E-state index is 12.3. The van der Waals surface area contributed by atoms with Gasteiger partial charge in [-0.25, -0.2) is 4.79 Å². The van der Waals surface area contributed by atoms with Crippen molar-refractivity contribution in [3.05, 3.63) is 0 Å². The molecule has 0 bridgehead atoms. The van der Waals surface area contributed by atoms with Crippen LogP contribution in [0.2, 0.25) is 0 Å². The zero-order valence-electron chi connectivity index (χ0n) is 11.9. The van der Waals surface area contributed by atoms with Crippen LogP contribution in [0.3, 0.4) is 0 Å². The van der Waals surface area contributed by atoms with E-state index < -0.39 is 11.4 Å². The number of amides is 2. The molecule has 2 heterocycles. The van der Waals surface area contributed by atoms with E-state index in [-0.39, 0.29) is 6.03 Å². The van der Waals surface area contributed by atoms with Crippen molar-refractivity contribution >= 4 is 12.0 Å². The lowest BCUT2D eigenvalue weighted by Gasteiger charge is -2.40. The summed E-state index contributed by atoms with van der Waals surface area (Å²) in [5, 5.41) is 9.19. The van der Waals surface area contributed by atoms with Gasteiger partial charge in [0.1, 0.15) is 0 Å². The molecular formula is C14H24N2O3. The standard InChI is InChI=1S/C14H24N2O3/c1-11-3-7-15(8-4-11)13(19)16-9-5-14(2,6-10-16)12(17)18/h11H,3-10H2,1-2H3,(H,17,18). The molecule has 2 fully saturated rings. The van der Waals surface area contributed by atoms with Crippen LogP contribution in [-0.4, -0.2) is 53.1 Å². The summed E-state index contributed by atoms with van der Waals surface area (Å²) in [4.78, 5) is 27.3. The summed E-state index contributed by atoms with van der Waals surface area (Å²) in [6.45, 7) is 6.81. The maximum Gasteiger partial charge on any atom is 0.319 e. The van der Waals surface area contributed by atoms with E-state index in [4.69, 9.17) is 0 Å². The summed E-state index contributed by atoms with van der Waals surface area (Å²) in [5.41, 5.74) is -0.660. The van der Waals surface area contributed by atoms with Crippen LogP contribution in [0.5, 0.6) is 0 Å². The molecule has 108 valence electrons. The molecule has 0 atom stereocenters. The van der Waals surface area contributed by atoms with Crippen LogP contribution in [-0.2, 0) is 4.79 Å². The Kier molecular flexibility index (Phi) is 4.02.